The normalized spacial score (nSPS) is 36.3. The van der Waals surface area contributed by atoms with Crippen molar-refractivity contribution in [3.05, 3.63) is 23.8 Å². The summed E-state index contributed by atoms with van der Waals surface area (Å²) in [5, 5.41) is 0. The zero-order valence-corrected chi connectivity index (χ0v) is 10.8. The minimum absolute atomic E-state index is 0.259. The van der Waals surface area contributed by atoms with Gasteiger partial charge in [-0.05, 0) is 30.5 Å². The van der Waals surface area contributed by atoms with Crippen LogP contribution in [0.2, 0.25) is 0 Å². The average Bonchev–Trinajstić information content (AvgIpc) is 3.04. The molecule has 2 fully saturated rings. The lowest BCUT2D eigenvalue weighted by atomic mass is 9.76. The third-order valence-electron chi connectivity index (χ3n) is 4.58. The zero-order chi connectivity index (χ0) is 12.8. The molecule has 0 amide bonds. The van der Waals surface area contributed by atoms with Gasteiger partial charge in [-0.3, -0.25) is 5.43 Å². The van der Waals surface area contributed by atoms with Crippen molar-refractivity contribution in [2.75, 3.05) is 6.79 Å². The molecule has 4 rings (SSSR count). The molecule has 1 aromatic carbocycles. The third-order valence-corrected chi connectivity index (χ3v) is 4.58. The Labute approximate surface area is 112 Å². The summed E-state index contributed by atoms with van der Waals surface area (Å²) in [6.07, 6.45) is 3.53. The number of hydrazine groups is 1. The van der Waals surface area contributed by atoms with Crippen LogP contribution in [-0.2, 0) is 0 Å². The van der Waals surface area contributed by atoms with Crippen LogP contribution in [0.4, 0.5) is 0 Å². The van der Waals surface area contributed by atoms with Gasteiger partial charge in [0.05, 0.1) is 6.04 Å². The van der Waals surface area contributed by atoms with Crippen molar-refractivity contribution in [2.45, 2.75) is 37.4 Å². The molecule has 2 heterocycles. The SMILES string of the molecule is NC1CCCC2NNC(c3ccc4c(c3)OCO4)C12. The Hall–Kier alpha value is -1.30. The van der Waals surface area contributed by atoms with E-state index in [0.717, 1.165) is 17.9 Å². The molecule has 1 saturated heterocycles. The Kier molecular flexibility index (Phi) is 2.65. The minimum Gasteiger partial charge on any atom is -0.454 e. The first kappa shape index (κ1) is 11.5. The van der Waals surface area contributed by atoms with Crippen molar-refractivity contribution in [2.24, 2.45) is 11.7 Å². The van der Waals surface area contributed by atoms with Gasteiger partial charge in [0.15, 0.2) is 11.5 Å². The van der Waals surface area contributed by atoms with Crippen LogP contribution in [-0.4, -0.2) is 18.9 Å². The lowest BCUT2D eigenvalue weighted by Gasteiger charge is -2.33. The van der Waals surface area contributed by atoms with Crippen molar-refractivity contribution >= 4 is 0 Å². The Balaban J connectivity index is 1.65. The van der Waals surface area contributed by atoms with Gasteiger partial charge in [-0.1, -0.05) is 12.5 Å². The van der Waals surface area contributed by atoms with Gasteiger partial charge in [0.2, 0.25) is 6.79 Å². The molecule has 4 unspecified atom stereocenters. The summed E-state index contributed by atoms with van der Waals surface area (Å²) in [5.41, 5.74) is 14.4. The summed E-state index contributed by atoms with van der Waals surface area (Å²) < 4.78 is 10.8. The summed E-state index contributed by atoms with van der Waals surface area (Å²) in [7, 11) is 0. The highest BCUT2D eigenvalue weighted by atomic mass is 16.7. The van der Waals surface area contributed by atoms with Gasteiger partial charge < -0.3 is 15.2 Å². The Bertz CT molecular complexity index is 494. The molecule has 3 aliphatic rings. The molecular weight excluding hydrogens is 242 g/mol. The summed E-state index contributed by atoms with van der Waals surface area (Å²) in [6.45, 7) is 0.320. The number of hydrogen-bond donors (Lipinski definition) is 3. The molecule has 102 valence electrons. The molecule has 1 aromatic rings. The molecule has 0 radical (unpaired) electrons. The smallest absolute Gasteiger partial charge is 0.231 e. The van der Waals surface area contributed by atoms with E-state index in [2.05, 4.69) is 23.0 Å². The summed E-state index contributed by atoms with van der Waals surface area (Å²) >= 11 is 0. The quantitative estimate of drug-likeness (QED) is 0.705. The van der Waals surface area contributed by atoms with Gasteiger partial charge in [0.1, 0.15) is 0 Å². The first-order valence-electron chi connectivity index (χ1n) is 6.99. The van der Waals surface area contributed by atoms with Crippen molar-refractivity contribution in [3.63, 3.8) is 0 Å². The molecule has 1 aliphatic carbocycles. The lowest BCUT2D eigenvalue weighted by molar-refractivity contribution is 0.174. The van der Waals surface area contributed by atoms with Gasteiger partial charge in [0, 0.05) is 18.0 Å². The Morgan fingerprint density at radius 3 is 2.95 bits per heavy atom. The first-order chi connectivity index (χ1) is 9.33. The maximum atomic E-state index is 6.32. The van der Waals surface area contributed by atoms with Crippen molar-refractivity contribution in [3.8, 4) is 11.5 Å². The number of fused-ring (bicyclic) bond motifs is 2. The molecule has 1 saturated carbocycles. The van der Waals surface area contributed by atoms with E-state index in [1.54, 1.807) is 0 Å². The van der Waals surface area contributed by atoms with E-state index in [1.807, 2.05) is 6.07 Å². The fraction of sp³-hybridized carbons (Fsp3) is 0.571. The molecule has 4 N–H and O–H groups in total. The van der Waals surface area contributed by atoms with Crippen LogP contribution in [0.3, 0.4) is 0 Å². The van der Waals surface area contributed by atoms with E-state index in [9.17, 15) is 0 Å². The highest BCUT2D eigenvalue weighted by Gasteiger charge is 2.42. The van der Waals surface area contributed by atoms with Crippen LogP contribution >= 0.6 is 0 Å². The highest BCUT2D eigenvalue weighted by Crippen LogP contribution is 2.40. The van der Waals surface area contributed by atoms with E-state index in [0.29, 0.717) is 18.8 Å². The van der Waals surface area contributed by atoms with Crippen LogP contribution in [0.1, 0.15) is 30.9 Å². The van der Waals surface area contributed by atoms with Gasteiger partial charge >= 0.3 is 0 Å². The second kappa shape index (κ2) is 4.37. The van der Waals surface area contributed by atoms with Crippen LogP contribution in [0.5, 0.6) is 11.5 Å². The number of nitrogens with one attached hydrogen (secondary N) is 2. The van der Waals surface area contributed by atoms with Crippen LogP contribution < -0.4 is 26.1 Å². The van der Waals surface area contributed by atoms with E-state index >= 15 is 0 Å². The van der Waals surface area contributed by atoms with Gasteiger partial charge in [-0.15, -0.1) is 0 Å². The first-order valence-corrected chi connectivity index (χ1v) is 6.99. The fourth-order valence-electron chi connectivity index (χ4n) is 3.61. The van der Waals surface area contributed by atoms with Gasteiger partial charge in [-0.2, -0.15) is 0 Å². The van der Waals surface area contributed by atoms with E-state index in [1.165, 1.54) is 18.4 Å². The number of hydrogen-bond acceptors (Lipinski definition) is 5. The standard InChI is InChI=1S/C14H19N3O2/c15-9-2-1-3-10-13(9)14(17-16-10)8-4-5-11-12(6-8)19-7-18-11/h4-6,9-10,13-14,16-17H,1-3,7,15H2. The summed E-state index contributed by atoms with van der Waals surface area (Å²) in [5.74, 6) is 2.13. The zero-order valence-electron chi connectivity index (χ0n) is 10.8. The summed E-state index contributed by atoms with van der Waals surface area (Å²) in [4.78, 5) is 0. The summed E-state index contributed by atoms with van der Waals surface area (Å²) in [6, 6.07) is 7.17. The second-order valence-electron chi connectivity index (χ2n) is 5.66. The topological polar surface area (TPSA) is 68.5 Å². The van der Waals surface area contributed by atoms with Gasteiger partial charge in [0.25, 0.3) is 0 Å². The Morgan fingerprint density at radius 1 is 1.11 bits per heavy atom. The average molecular weight is 261 g/mol. The number of nitrogens with two attached hydrogens (primary N) is 1. The maximum absolute atomic E-state index is 6.32. The van der Waals surface area contributed by atoms with Crippen molar-refractivity contribution < 1.29 is 9.47 Å². The molecule has 19 heavy (non-hydrogen) atoms. The monoisotopic (exact) mass is 261 g/mol. The fourth-order valence-corrected chi connectivity index (χ4v) is 3.61. The predicted octanol–water partition coefficient (Wildman–Crippen LogP) is 1.06. The van der Waals surface area contributed by atoms with E-state index < -0.39 is 0 Å². The highest BCUT2D eigenvalue weighted by molar-refractivity contribution is 5.45. The molecule has 2 aliphatic heterocycles. The number of benzene rings is 1. The molecule has 5 nitrogen and oxygen atoms in total. The maximum Gasteiger partial charge on any atom is 0.231 e. The Morgan fingerprint density at radius 2 is 2.00 bits per heavy atom. The molecular formula is C14H19N3O2. The van der Waals surface area contributed by atoms with Crippen LogP contribution in [0.15, 0.2) is 18.2 Å². The molecule has 4 atom stereocenters. The number of ether oxygens (including phenoxy) is 2. The van der Waals surface area contributed by atoms with Crippen molar-refractivity contribution in [1.82, 2.24) is 10.9 Å². The van der Waals surface area contributed by atoms with E-state index in [4.69, 9.17) is 15.2 Å². The molecule has 0 spiro atoms. The van der Waals surface area contributed by atoms with Crippen LogP contribution in [0, 0.1) is 5.92 Å². The van der Waals surface area contributed by atoms with Crippen LogP contribution in [0.25, 0.3) is 0 Å². The predicted molar refractivity (Wildman–Crippen MR) is 70.7 cm³/mol. The van der Waals surface area contributed by atoms with Crippen molar-refractivity contribution in [1.29, 1.82) is 0 Å². The largest absolute Gasteiger partial charge is 0.454 e. The third kappa shape index (κ3) is 1.81. The van der Waals surface area contributed by atoms with E-state index in [-0.39, 0.29) is 12.1 Å². The minimum atomic E-state index is 0.259. The molecule has 0 bridgehead atoms. The second-order valence-corrected chi connectivity index (χ2v) is 5.66. The van der Waals surface area contributed by atoms with Gasteiger partial charge in [-0.25, -0.2) is 5.43 Å². The lowest BCUT2D eigenvalue weighted by Crippen LogP contribution is -2.43. The molecule has 0 aromatic heterocycles. The molecule has 5 heteroatoms. The number of rotatable bonds is 1.